The molecule has 1 aliphatic carbocycles. The summed E-state index contributed by atoms with van der Waals surface area (Å²) in [5.41, 5.74) is -0.499. The maximum absolute atomic E-state index is 12.0. The van der Waals surface area contributed by atoms with Crippen LogP contribution >= 0.6 is 0 Å². The summed E-state index contributed by atoms with van der Waals surface area (Å²) in [6.07, 6.45) is 2.87. The van der Waals surface area contributed by atoms with Gasteiger partial charge in [0.25, 0.3) is 5.91 Å². The number of aromatic hydroxyl groups is 1. The Bertz CT molecular complexity index is 515. The number of carbonyl (C=O) groups excluding carboxylic acids is 1. The third-order valence-electron chi connectivity index (χ3n) is 3.49. The van der Waals surface area contributed by atoms with Gasteiger partial charge in [-0.05, 0) is 31.2 Å². The van der Waals surface area contributed by atoms with Crippen molar-refractivity contribution in [2.45, 2.75) is 32.2 Å². The Balaban J connectivity index is 2.15. The van der Waals surface area contributed by atoms with Gasteiger partial charge in [-0.25, -0.2) is 0 Å². The number of phenolic OH excluding ortho intramolecular Hbond substituents is 1. The lowest BCUT2D eigenvalue weighted by Gasteiger charge is -2.13. The molecule has 0 heterocycles. The third kappa shape index (κ3) is 2.83. The lowest BCUT2D eigenvalue weighted by molar-refractivity contribution is -0.385. The van der Waals surface area contributed by atoms with E-state index in [4.69, 9.17) is 0 Å². The van der Waals surface area contributed by atoms with Gasteiger partial charge in [-0.2, -0.15) is 0 Å². The second-order valence-corrected chi connectivity index (χ2v) is 5.02. The topological polar surface area (TPSA) is 92.5 Å². The SMILES string of the molecule is CC1CCC(NC(=O)c2cccc([N+](=O)[O-])c2O)C1. The van der Waals surface area contributed by atoms with E-state index in [9.17, 15) is 20.0 Å². The van der Waals surface area contributed by atoms with E-state index in [1.807, 2.05) is 0 Å². The van der Waals surface area contributed by atoms with E-state index < -0.39 is 22.3 Å². The van der Waals surface area contributed by atoms with E-state index in [1.54, 1.807) is 0 Å². The molecule has 1 saturated carbocycles. The van der Waals surface area contributed by atoms with Gasteiger partial charge >= 0.3 is 5.69 Å². The van der Waals surface area contributed by atoms with E-state index >= 15 is 0 Å². The summed E-state index contributed by atoms with van der Waals surface area (Å²) in [6.45, 7) is 2.12. The van der Waals surface area contributed by atoms with Gasteiger partial charge in [-0.3, -0.25) is 14.9 Å². The van der Waals surface area contributed by atoms with Crippen LogP contribution in [0, 0.1) is 16.0 Å². The number of amides is 1. The summed E-state index contributed by atoms with van der Waals surface area (Å²) in [6, 6.07) is 4.03. The van der Waals surface area contributed by atoms with Gasteiger partial charge in [-0.1, -0.05) is 13.0 Å². The van der Waals surface area contributed by atoms with Gasteiger partial charge in [0.05, 0.1) is 10.5 Å². The summed E-state index contributed by atoms with van der Waals surface area (Å²) in [7, 11) is 0. The number of nitro benzene ring substituents is 1. The molecule has 0 spiro atoms. The van der Waals surface area contributed by atoms with Gasteiger partial charge in [0.1, 0.15) is 0 Å². The molecule has 19 heavy (non-hydrogen) atoms. The van der Waals surface area contributed by atoms with Gasteiger partial charge < -0.3 is 10.4 Å². The Kier molecular flexibility index (Phi) is 3.69. The molecule has 1 amide bonds. The molecule has 2 N–H and O–H groups in total. The van der Waals surface area contributed by atoms with Crippen molar-refractivity contribution >= 4 is 11.6 Å². The Morgan fingerprint density at radius 2 is 2.21 bits per heavy atom. The summed E-state index contributed by atoms with van der Waals surface area (Å²) in [5.74, 6) is -0.458. The Morgan fingerprint density at radius 3 is 2.79 bits per heavy atom. The predicted molar refractivity (Wildman–Crippen MR) is 69.0 cm³/mol. The molecule has 1 aromatic rings. The third-order valence-corrected chi connectivity index (χ3v) is 3.49. The van der Waals surface area contributed by atoms with Gasteiger partial charge in [-0.15, -0.1) is 0 Å². The number of nitrogens with one attached hydrogen (secondary N) is 1. The molecule has 6 heteroatoms. The molecule has 1 aromatic carbocycles. The maximum atomic E-state index is 12.0. The molecule has 0 aromatic heterocycles. The Hall–Kier alpha value is -2.11. The van der Waals surface area contributed by atoms with Crippen LogP contribution < -0.4 is 5.32 Å². The first kappa shape index (κ1) is 13.3. The first-order chi connectivity index (χ1) is 8.99. The highest BCUT2D eigenvalue weighted by Gasteiger charge is 2.26. The van der Waals surface area contributed by atoms with E-state index in [1.165, 1.54) is 18.2 Å². The number of para-hydroxylation sites is 1. The normalized spacial score (nSPS) is 22.2. The minimum absolute atomic E-state index is 0.0475. The van der Waals surface area contributed by atoms with Crippen LogP contribution in [0.2, 0.25) is 0 Å². The summed E-state index contributed by atoms with van der Waals surface area (Å²) in [5, 5.41) is 23.3. The second-order valence-electron chi connectivity index (χ2n) is 5.02. The van der Waals surface area contributed by atoms with E-state index in [-0.39, 0.29) is 11.6 Å². The summed E-state index contributed by atoms with van der Waals surface area (Å²) >= 11 is 0. The van der Waals surface area contributed by atoms with Crippen molar-refractivity contribution in [3.8, 4) is 5.75 Å². The zero-order valence-corrected chi connectivity index (χ0v) is 10.6. The monoisotopic (exact) mass is 264 g/mol. The largest absolute Gasteiger partial charge is 0.502 e. The Labute approximate surface area is 110 Å². The molecule has 2 atom stereocenters. The van der Waals surface area contributed by atoms with Crippen molar-refractivity contribution in [1.82, 2.24) is 5.32 Å². The van der Waals surface area contributed by atoms with Crippen molar-refractivity contribution in [3.63, 3.8) is 0 Å². The summed E-state index contributed by atoms with van der Waals surface area (Å²) < 4.78 is 0. The lowest BCUT2D eigenvalue weighted by atomic mass is 10.1. The maximum Gasteiger partial charge on any atom is 0.311 e. The fourth-order valence-electron chi connectivity index (χ4n) is 2.46. The number of benzene rings is 1. The minimum atomic E-state index is -0.705. The van der Waals surface area contributed by atoms with E-state index in [0.29, 0.717) is 5.92 Å². The summed E-state index contributed by atoms with van der Waals surface area (Å²) in [4.78, 5) is 22.0. The van der Waals surface area contributed by atoms with Gasteiger partial charge in [0, 0.05) is 12.1 Å². The van der Waals surface area contributed by atoms with E-state index in [2.05, 4.69) is 12.2 Å². The van der Waals surface area contributed by atoms with Crippen LogP contribution in [0.1, 0.15) is 36.5 Å². The van der Waals surface area contributed by atoms with Crippen molar-refractivity contribution in [2.75, 3.05) is 0 Å². The Morgan fingerprint density at radius 1 is 1.47 bits per heavy atom. The van der Waals surface area contributed by atoms with Crippen LogP contribution in [0.4, 0.5) is 5.69 Å². The standard InChI is InChI=1S/C13H16N2O4/c1-8-5-6-9(7-8)14-13(17)10-3-2-4-11(12(10)16)15(18)19/h2-4,8-9,16H,5-7H2,1H3,(H,14,17). The molecule has 2 rings (SSSR count). The highest BCUT2D eigenvalue weighted by molar-refractivity contribution is 5.98. The molecule has 1 aliphatic rings. The fraction of sp³-hybridized carbons (Fsp3) is 0.462. The van der Waals surface area contributed by atoms with Crippen molar-refractivity contribution in [2.24, 2.45) is 5.92 Å². The van der Waals surface area contributed by atoms with Crippen LogP contribution in [-0.4, -0.2) is 22.0 Å². The zero-order valence-electron chi connectivity index (χ0n) is 10.6. The highest BCUT2D eigenvalue weighted by Crippen LogP contribution is 2.30. The minimum Gasteiger partial charge on any atom is -0.502 e. The zero-order chi connectivity index (χ0) is 14.0. The van der Waals surface area contributed by atoms with E-state index in [0.717, 1.165) is 19.3 Å². The number of carbonyl (C=O) groups is 1. The molecule has 1 fully saturated rings. The van der Waals surface area contributed by atoms with Crippen LogP contribution in [0.15, 0.2) is 18.2 Å². The van der Waals surface area contributed by atoms with Crippen molar-refractivity contribution in [3.05, 3.63) is 33.9 Å². The van der Waals surface area contributed by atoms with Crippen molar-refractivity contribution < 1.29 is 14.8 Å². The number of rotatable bonds is 3. The van der Waals surface area contributed by atoms with Crippen LogP contribution in [0.5, 0.6) is 5.75 Å². The first-order valence-corrected chi connectivity index (χ1v) is 6.26. The smallest absolute Gasteiger partial charge is 0.311 e. The number of hydrogen-bond donors (Lipinski definition) is 2. The molecule has 2 unspecified atom stereocenters. The molecule has 0 aliphatic heterocycles. The highest BCUT2D eigenvalue weighted by atomic mass is 16.6. The number of nitrogens with zero attached hydrogens (tertiary/aromatic N) is 1. The molecule has 102 valence electrons. The number of hydrogen-bond acceptors (Lipinski definition) is 4. The molecule has 0 saturated heterocycles. The average Bonchev–Trinajstić information content (AvgIpc) is 2.74. The molecular formula is C13H16N2O4. The van der Waals surface area contributed by atoms with Gasteiger partial charge in [0.2, 0.25) is 5.75 Å². The number of nitro groups is 1. The quantitative estimate of drug-likeness (QED) is 0.646. The number of phenols is 1. The van der Waals surface area contributed by atoms with Crippen LogP contribution in [-0.2, 0) is 0 Å². The molecular weight excluding hydrogens is 248 g/mol. The second kappa shape index (κ2) is 5.26. The van der Waals surface area contributed by atoms with Crippen molar-refractivity contribution in [1.29, 1.82) is 0 Å². The molecule has 6 nitrogen and oxygen atoms in total. The lowest BCUT2D eigenvalue weighted by Crippen LogP contribution is -2.32. The van der Waals surface area contributed by atoms with Gasteiger partial charge in [0.15, 0.2) is 0 Å². The predicted octanol–water partition coefficient (Wildman–Crippen LogP) is 2.22. The molecule has 0 radical (unpaired) electrons. The average molecular weight is 264 g/mol. The fourth-order valence-corrected chi connectivity index (χ4v) is 2.46. The van der Waals surface area contributed by atoms with Crippen LogP contribution in [0.25, 0.3) is 0 Å². The molecule has 0 bridgehead atoms. The van der Waals surface area contributed by atoms with Crippen LogP contribution in [0.3, 0.4) is 0 Å². The first-order valence-electron chi connectivity index (χ1n) is 6.26.